The number of hydrogen-bond donors (Lipinski definition) is 0. The molecule has 1 amide bonds. The SMILES string of the molecule is CN(Cc1cccnc1)C(=O)c1cc([N+](=O)[O-])cc(S(C)(=O)=O)c1. The van der Waals surface area contributed by atoms with Gasteiger partial charge in [0.1, 0.15) is 0 Å². The lowest BCUT2D eigenvalue weighted by molar-refractivity contribution is -0.385. The van der Waals surface area contributed by atoms with Crippen LogP contribution in [0.2, 0.25) is 0 Å². The van der Waals surface area contributed by atoms with Crippen molar-refractivity contribution < 1.29 is 18.1 Å². The Morgan fingerprint density at radius 2 is 2.04 bits per heavy atom. The summed E-state index contributed by atoms with van der Waals surface area (Å²) >= 11 is 0. The van der Waals surface area contributed by atoms with Gasteiger partial charge < -0.3 is 4.90 Å². The number of aromatic nitrogens is 1. The van der Waals surface area contributed by atoms with Crippen LogP contribution in [0.1, 0.15) is 15.9 Å². The Balaban J connectivity index is 2.37. The average Bonchev–Trinajstić information content (AvgIpc) is 2.53. The van der Waals surface area contributed by atoms with Gasteiger partial charge in [-0.2, -0.15) is 0 Å². The molecule has 0 saturated carbocycles. The second-order valence-electron chi connectivity index (χ2n) is 5.27. The van der Waals surface area contributed by atoms with Crippen molar-refractivity contribution in [2.75, 3.05) is 13.3 Å². The summed E-state index contributed by atoms with van der Waals surface area (Å²) in [5, 5.41) is 11.0. The van der Waals surface area contributed by atoms with Crippen molar-refractivity contribution in [3.05, 3.63) is 64.0 Å². The monoisotopic (exact) mass is 349 g/mol. The average molecular weight is 349 g/mol. The number of benzene rings is 1. The van der Waals surface area contributed by atoms with Crippen molar-refractivity contribution in [1.29, 1.82) is 0 Å². The van der Waals surface area contributed by atoms with Gasteiger partial charge in [-0.15, -0.1) is 0 Å². The van der Waals surface area contributed by atoms with E-state index < -0.39 is 26.4 Å². The van der Waals surface area contributed by atoms with Crippen molar-refractivity contribution in [2.24, 2.45) is 0 Å². The second-order valence-corrected chi connectivity index (χ2v) is 7.28. The molecule has 0 N–H and O–H groups in total. The fourth-order valence-corrected chi connectivity index (χ4v) is 2.76. The molecule has 0 spiro atoms. The maximum Gasteiger partial charge on any atom is 0.271 e. The van der Waals surface area contributed by atoms with Crippen LogP contribution in [0.25, 0.3) is 0 Å². The molecule has 0 atom stereocenters. The number of sulfone groups is 1. The van der Waals surface area contributed by atoms with E-state index in [2.05, 4.69) is 4.98 Å². The molecule has 0 bridgehead atoms. The highest BCUT2D eigenvalue weighted by atomic mass is 32.2. The largest absolute Gasteiger partial charge is 0.337 e. The predicted octanol–water partition coefficient (Wildman–Crippen LogP) is 1.67. The molecule has 0 saturated heterocycles. The third-order valence-electron chi connectivity index (χ3n) is 3.27. The van der Waals surface area contributed by atoms with E-state index >= 15 is 0 Å². The maximum atomic E-state index is 12.5. The Labute approximate surface area is 138 Å². The van der Waals surface area contributed by atoms with Crippen molar-refractivity contribution in [1.82, 2.24) is 9.88 Å². The minimum atomic E-state index is -3.68. The van der Waals surface area contributed by atoms with Crippen LogP contribution < -0.4 is 0 Å². The summed E-state index contributed by atoms with van der Waals surface area (Å²) < 4.78 is 23.4. The van der Waals surface area contributed by atoms with Crippen LogP contribution >= 0.6 is 0 Å². The topological polar surface area (TPSA) is 110 Å². The van der Waals surface area contributed by atoms with Gasteiger partial charge in [0, 0.05) is 49.9 Å². The van der Waals surface area contributed by atoms with Gasteiger partial charge in [0.05, 0.1) is 9.82 Å². The normalized spacial score (nSPS) is 11.1. The summed E-state index contributed by atoms with van der Waals surface area (Å²) in [7, 11) is -2.16. The van der Waals surface area contributed by atoms with E-state index in [1.165, 1.54) is 11.9 Å². The molecular formula is C15H15N3O5S. The zero-order valence-electron chi connectivity index (χ0n) is 13.0. The number of nitro benzene ring substituents is 1. The highest BCUT2D eigenvalue weighted by molar-refractivity contribution is 7.90. The fourth-order valence-electron chi connectivity index (χ4n) is 2.08. The van der Waals surface area contributed by atoms with E-state index in [0.29, 0.717) is 0 Å². The molecule has 0 radical (unpaired) electrons. The number of carbonyl (C=O) groups excluding carboxylic acids is 1. The molecule has 0 aliphatic rings. The molecule has 1 aromatic carbocycles. The molecule has 2 aromatic rings. The summed E-state index contributed by atoms with van der Waals surface area (Å²) in [4.78, 5) is 27.8. The quantitative estimate of drug-likeness (QED) is 0.600. The van der Waals surface area contributed by atoms with Crippen LogP contribution in [0.15, 0.2) is 47.6 Å². The third kappa shape index (κ3) is 4.13. The zero-order chi connectivity index (χ0) is 17.9. The van der Waals surface area contributed by atoms with Gasteiger partial charge in [-0.05, 0) is 17.7 Å². The first-order chi connectivity index (χ1) is 11.2. The smallest absolute Gasteiger partial charge is 0.271 e. The van der Waals surface area contributed by atoms with Gasteiger partial charge in [-0.25, -0.2) is 8.42 Å². The number of rotatable bonds is 5. The molecule has 8 nitrogen and oxygen atoms in total. The molecule has 24 heavy (non-hydrogen) atoms. The minimum Gasteiger partial charge on any atom is -0.337 e. The number of non-ortho nitro benzene ring substituents is 1. The molecule has 1 heterocycles. The van der Waals surface area contributed by atoms with Crippen LogP contribution in [-0.2, 0) is 16.4 Å². The first kappa shape index (κ1) is 17.5. The summed E-state index contributed by atoms with van der Waals surface area (Å²) in [6.07, 6.45) is 4.13. The molecule has 2 rings (SSSR count). The Morgan fingerprint density at radius 1 is 1.33 bits per heavy atom. The highest BCUT2D eigenvalue weighted by Gasteiger charge is 2.21. The molecule has 9 heteroatoms. The lowest BCUT2D eigenvalue weighted by Gasteiger charge is -2.17. The van der Waals surface area contributed by atoms with Crippen LogP contribution in [0.3, 0.4) is 0 Å². The van der Waals surface area contributed by atoms with Crippen molar-refractivity contribution in [3.63, 3.8) is 0 Å². The highest BCUT2D eigenvalue weighted by Crippen LogP contribution is 2.22. The Hall–Kier alpha value is -2.81. The van der Waals surface area contributed by atoms with E-state index in [9.17, 15) is 23.3 Å². The predicted molar refractivity (Wildman–Crippen MR) is 86.2 cm³/mol. The van der Waals surface area contributed by atoms with Crippen LogP contribution in [0.4, 0.5) is 5.69 Å². The van der Waals surface area contributed by atoms with Crippen LogP contribution in [0.5, 0.6) is 0 Å². The number of nitrogens with zero attached hydrogens (tertiary/aromatic N) is 3. The summed E-state index contributed by atoms with van der Waals surface area (Å²) in [5.41, 5.74) is 0.272. The van der Waals surface area contributed by atoms with Gasteiger partial charge in [0.2, 0.25) is 0 Å². The van der Waals surface area contributed by atoms with Gasteiger partial charge in [0.25, 0.3) is 11.6 Å². The van der Waals surface area contributed by atoms with Gasteiger partial charge in [-0.3, -0.25) is 19.9 Å². The second kappa shape index (κ2) is 6.75. The number of pyridine rings is 1. The summed E-state index contributed by atoms with van der Waals surface area (Å²) in [5.74, 6) is -0.521. The summed E-state index contributed by atoms with van der Waals surface area (Å²) in [6, 6.07) is 6.66. The molecule has 0 aliphatic heterocycles. The van der Waals surface area contributed by atoms with Crippen LogP contribution in [0, 0.1) is 10.1 Å². The number of amides is 1. The number of nitro groups is 1. The van der Waals surface area contributed by atoms with Crippen LogP contribution in [-0.4, -0.2) is 42.4 Å². The Bertz CT molecular complexity index is 881. The standard InChI is InChI=1S/C15H15N3O5S/c1-17(10-11-4-3-5-16-9-11)15(19)12-6-13(18(20)21)8-14(7-12)24(2,22)23/h3-9H,10H2,1-2H3. The Morgan fingerprint density at radius 3 is 2.58 bits per heavy atom. The minimum absolute atomic E-state index is 0.0592. The Kier molecular flexibility index (Phi) is 4.93. The molecular weight excluding hydrogens is 334 g/mol. The van der Waals surface area contributed by atoms with E-state index in [1.807, 2.05) is 0 Å². The molecule has 126 valence electrons. The van der Waals surface area contributed by atoms with E-state index in [4.69, 9.17) is 0 Å². The molecule has 0 aliphatic carbocycles. The third-order valence-corrected chi connectivity index (χ3v) is 4.36. The molecule has 1 aromatic heterocycles. The number of hydrogen-bond acceptors (Lipinski definition) is 6. The van der Waals surface area contributed by atoms with E-state index in [-0.39, 0.29) is 17.0 Å². The molecule has 0 unspecified atom stereocenters. The van der Waals surface area contributed by atoms with Gasteiger partial charge in [-0.1, -0.05) is 6.07 Å². The van der Waals surface area contributed by atoms with Crippen molar-refractivity contribution in [2.45, 2.75) is 11.4 Å². The fraction of sp³-hybridized carbons (Fsp3) is 0.200. The lowest BCUT2D eigenvalue weighted by Crippen LogP contribution is -2.26. The maximum absolute atomic E-state index is 12.5. The lowest BCUT2D eigenvalue weighted by atomic mass is 10.1. The number of carbonyl (C=O) groups is 1. The summed E-state index contributed by atoms with van der Waals surface area (Å²) in [6.45, 7) is 0.240. The first-order valence-electron chi connectivity index (χ1n) is 6.82. The zero-order valence-corrected chi connectivity index (χ0v) is 13.9. The van der Waals surface area contributed by atoms with Crippen molar-refractivity contribution in [3.8, 4) is 0 Å². The van der Waals surface area contributed by atoms with Gasteiger partial charge in [0.15, 0.2) is 9.84 Å². The van der Waals surface area contributed by atoms with Gasteiger partial charge >= 0.3 is 0 Å². The van der Waals surface area contributed by atoms with Crippen molar-refractivity contribution >= 4 is 21.4 Å². The van der Waals surface area contributed by atoms with E-state index in [0.717, 1.165) is 30.0 Å². The van der Waals surface area contributed by atoms with E-state index in [1.54, 1.807) is 24.5 Å². The molecule has 0 fully saturated rings. The first-order valence-corrected chi connectivity index (χ1v) is 8.71.